The van der Waals surface area contributed by atoms with Crippen LogP contribution in [0.2, 0.25) is 0 Å². The zero-order valence-electron chi connectivity index (χ0n) is 10.6. The molecule has 0 aromatic heterocycles. The molecule has 0 bridgehead atoms. The molecule has 1 aliphatic rings. The van der Waals surface area contributed by atoms with Crippen molar-refractivity contribution >= 4 is 5.91 Å². The van der Waals surface area contributed by atoms with Crippen molar-refractivity contribution in [2.24, 2.45) is 5.73 Å². The summed E-state index contributed by atoms with van der Waals surface area (Å²) < 4.78 is 18.9. The Hall–Kier alpha value is -1.66. The van der Waals surface area contributed by atoms with Crippen LogP contribution in [0.3, 0.4) is 0 Å². The van der Waals surface area contributed by atoms with E-state index < -0.39 is 17.5 Å². The van der Waals surface area contributed by atoms with Gasteiger partial charge in [0.15, 0.2) is 0 Å². The summed E-state index contributed by atoms with van der Waals surface area (Å²) in [5.41, 5.74) is 5.43. The first kappa shape index (κ1) is 13.8. The molecule has 19 heavy (non-hydrogen) atoms. The molecule has 3 unspecified atom stereocenters. The van der Waals surface area contributed by atoms with E-state index in [0.29, 0.717) is 13.0 Å². The molecule has 2 rings (SSSR count). The number of nitrogens with one attached hydrogen (secondary N) is 1. The van der Waals surface area contributed by atoms with Crippen LogP contribution < -0.4 is 11.1 Å². The quantitative estimate of drug-likeness (QED) is 0.753. The van der Waals surface area contributed by atoms with Gasteiger partial charge in [-0.25, -0.2) is 4.39 Å². The highest BCUT2D eigenvalue weighted by Crippen LogP contribution is 2.25. The Balaban J connectivity index is 2.09. The van der Waals surface area contributed by atoms with Crippen molar-refractivity contribution in [3.63, 3.8) is 0 Å². The lowest BCUT2D eigenvalue weighted by molar-refractivity contribution is -0.0301. The maximum absolute atomic E-state index is 13.5. The number of amides is 1. The van der Waals surface area contributed by atoms with Crippen molar-refractivity contribution in [3.05, 3.63) is 29.6 Å². The predicted molar refractivity (Wildman–Crippen MR) is 67.3 cm³/mol. The highest BCUT2D eigenvalue weighted by atomic mass is 19.1. The molecule has 1 aromatic rings. The molecule has 0 aliphatic heterocycles. The first-order valence-electron chi connectivity index (χ1n) is 6.20. The molecule has 3 atom stereocenters. The lowest BCUT2D eigenvalue weighted by Gasteiger charge is -2.42. The first-order valence-corrected chi connectivity index (χ1v) is 6.20. The van der Waals surface area contributed by atoms with Crippen LogP contribution in [0.15, 0.2) is 18.2 Å². The second kappa shape index (κ2) is 5.54. The van der Waals surface area contributed by atoms with Crippen molar-refractivity contribution in [1.29, 1.82) is 0 Å². The van der Waals surface area contributed by atoms with Gasteiger partial charge in [0.05, 0.1) is 12.1 Å². The van der Waals surface area contributed by atoms with Gasteiger partial charge < -0.3 is 20.9 Å². The van der Waals surface area contributed by atoms with Crippen LogP contribution in [0, 0.1) is 5.82 Å². The summed E-state index contributed by atoms with van der Waals surface area (Å²) in [6.07, 6.45) is 0.500. The Morgan fingerprint density at radius 2 is 2.37 bits per heavy atom. The van der Waals surface area contributed by atoms with E-state index in [-0.39, 0.29) is 23.8 Å². The van der Waals surface area contributed by atoms with Crippen LogP contribution in [-0.2, 0) is 4.74 Å². The van der Waals surface area contributed by atoms with Crippen LogP contribution >= 0.6 is 0 Å². The Morgan fingerprint density at radius 3 is 2.95 bits per heavy atom. The number of phenols is 1. The zero-order valence-corrected chi connectivity index (χ0v) is 10.6. The van der Waals surface area contributed by atoms with Gasteiger partial charge in [-0.15, -0.1) is 0 Å². The van der Waals surface area contributed by atoms with Crippen LogP contribution in [-0.4, -0.2) is 35.8 Å². The van der Waals surface area contributed by atoms with E-state index in [2.05, 4.69) is 5.32 Å². The number of nitrogens with two attached hydrogens (primary N) is 1. The number of ether oxygens (including phenoxy) is 1. The highest BCUT2D eigenvalue weighted by Gasteiger charge is 2.40. The van der Waals surface area contributed by atoms with Crippen molar-refractivity contribution in [1.82, 2.24) is 5.32 Å². The largest absolute Gasteiger partial charge is 0.507 e. The molecule has 0 saturated heterocycles. The van der Waals surface area contributed by atoms with Gasteiger partial charge in [-0.3, -0.25) is 4.79 Å². The third-order valence-electron chi connectivity index (χ3n) is 3.26. The third-order valence-corrected chi connectivity index (χ3v) is 3.26. The number of halogens is 1. The molecule has 5 nitrogen and oxygen atoms in total. The summed E-state index contributed by atoms with van der Waals surface area (Å²) in [4.78, 5) is 12.0. The fourth-order valence-electron chi connectivity index (χ4n) is 2.19. The van der Waals surface area contributed by atoms with Crippen LogP contribution in [0.4, 0.5) is 4.39 Å². The lowest BCUT2D eigenvalue weighted by Crippen LogP contribution is -2.64. The highest BCUT2D eigenvalue weighted by molar-refractivity contribution is 5.97. The number of phenolic OH excluding ortho intramolecular Hbond substituents is 1. The number of carbonyl (C=O) groups is 1. The standard InChI is InChI=1S/C13H17FN2O3/c1-2-19-10-6-8(15)12(10)16-13(18)11-7(14)4-3-5-9(11)17/h3-5,8,10,12,17H,2,6,15H2,1H3,(H,16,18). The number of aromatic hydroxyl groups is 1. The van der Waals surface area contributed by atoms with E-state index in [4.69, 9.17) is 10.5 Å². The van der Waals surface area contributed by atoms with E-state index in [1.807, 2.05) is 6.92 Å². The van der Waals surface area contributed by atoms with Crippen LogP contribution in [0.1, 0.15) is 23.7 Å². The Kier molecular flexibility index (Phi) is 4.01. The smallest absolute Gasteiger partial charge is 0.258 e. The van der Waals surface area contributed by atoms with Gasteiger partial charge in [0.25, 0.3) is 5.91 Å². The van der Waals surface area contributed by atoms with Crippen LogP contribution in [0.25, 0.3) is 0 Å². The maximum Gasteiger partial charge on any atom is 0.258 e. The van der Waals surface area contributed by atoms with E-state index in [1.54, 1.807) is 0 Å². The summed E-state index contributed by atoms with van der Waals surface area (Å²) in [5.74, 6) is -1.84. The van der Waals surface area contributed by atoms with E-state index in [1.165, 1.54) is 12.1 Å². The topological polar surface area (TPSA) is 84.6 Å². The van der Waals surface area contributed by atoms with Gasteiger partial charge in [0.2, 0.25) is 0 Å². The fourth-order valence-corrected chi connectivity index (χ4v) is 2.19. The number of hydrogen-bond donors (Lipinski definition) is 3. The molecule has 104 valence electrons. The predicted octanol–water partition coefficient (Wildman–Crippen LogP) is 0.766. The minimum atomic E-state index is -0.765. The van der Waals surface area contributed by atoms with Crippen molar-refractivity contribution < 1.29 is 19.0 Å². The van der Waals surface area contributed by atoms with Crippen molar-refractivity contribution in [2.45, 2.75) is 31.5 Å². The normalized spacial score (nSPS) is 25.7. The summed E-state index contributed by atoms with van der Waals surface area (Å²) in [6.45, 7) is 2.38. The summed E-state index contributed by atoms with van der Waals surface area (Å²) in [6, 6.07) is 3.15. The average Bonchev–Trinajstić information content (AvgIpc) is 2.36. The molecular weight excluding hydrogens is 251 g/mol. The monoisotopic (exact) mass is 268 g/mol. The van der Waals surface area contributed by atoms with Crippen LogP contribution in [0.5, 0.6) is 5.75 Å². The Labute approximate surface area is 110 Å². The van der Waals surface area contributed by atoms with Gasteiger partial charge in [0, 0.05) is 12.6 Å². The Bertz CT molecular complexity index is 459. The molecule has 0 heterocycles. The molecule has 6 heteroatoms. The number of hydrogen-bond acceptors (Lipinski definition) is 4. The summed E-state index contributed by atoms with van der Waals surface area (Å²) >= 11 is 0. The number of carbonyl (C=O) groups excluding carboxylic acids is 1. The molecule has 4 N–H and O–H groups in total. The molecule has 1 aromatic carbocycles. The first-order chi connectivity index (χ1) is 9.04. The molecule has 0 spiro atoms. The second-order valence-electron chi connectivity index (χ2n) is 4.53. The van der Waals surface area contributed by atoms with Gasteiger partial charge in [0.1, 0.15) is 17.1 Å². The maximum atomic E-state index is 13.5. The summed E-state index contributed by atoms with van der Waals surface area (Å²) in [7, 11) is 0. The fraction of sp³-hybridized carbons (Fsp3) is 0.462. The molecule has 1 aliphatic carbocycles. The lowest BCUT2D eigenvalue weighted by atomic mass is 9.83. The molecule has 1 amide bonds. The van der Waals surface area contributed by atoms with Crippen molar-refractivity contribution in [2.75, 3.05) is 6.61 Å². The number of benzene rings is 1. The van der Waals surface area contributed by atoms with Crippen molar-refractivity contribution in [3.8, 4) is 5.75 Å². The SMILES string of the molecule is CCOC1CC(N)C1NC(=O)c1c(O)cccc1F. The minimum absolute atomic E-state index is 0.155. The number of rotatable bonds is 4. The molecule has 1 fully saturated rings. The van der Waals surface area contributed by atoms with E-state index >= 15 is 0 Å². The van der Waals surface area contributed by atoms with Gasteiger partial charge in [-0.2, -0.15) is 0 Å². The van der Waals surface area contributed by atoms with Gasteiger partial charge in [-0.1, -0.05) is 6.07 Å². The van der Waals surface area contributed by atoms with Gasteiger partial charge in [-0.05, 0) is 25.5 Å². The molecular formula is C13H17FN2O3. The zero-order chi connectivity index (χ0) is 14.0. The third kappa shape index (κ3) is 2.69. The van der Waals surface area contributed by atoms with E-state index in [0.717, 1.165) is 6.07 Å². The van der Waals surface area contributed by atoms with E-state index in [9.17, 15) is 14.3 Å². The molecule has 1 saturated carbocycles. The van der Waals surface area contributed by atoms with Gasteiger partial charge >= 0.3 is 0 Å². The average molecular weight is 268 g/mol. The molecule has 0 radical (unpaired) electrons. The minimum Gasteiger partial charge on any atom is -0.507 e. The second-order valence-corrected chi connectivity index (χ2v) is 4.53. The Morgan fingerprint density at radius 1 is 1.63 bits per heavy atom. The summed E-state index contributed by atoms with van der Waals surface area (Å²) in [5, 5.41) is 12.1.